The Hall–Kier alpha value is -0.980. The van der Waals surface area contributed by atoms with Crippen molar-refractivity contribution in [3.63, 3.8) is 0 Å². The molecule has 0 bridgehead atoms. The molecule has 2 aliphatic heterocycles. The lowest BCUT2D eigenvalue weighted by Crippen LogP contribution is -2.44. The molecule has 0 unspecified atom stereocenters. The molecule has 5 nitrogen and oxygen atoms in total. The summed E-state index contributed by atoms with van der Waals surface area (Å²) in [6, 6.07) is 0.307. The molecule has 0 spiro atoms. The Kier molecular flexibility index (Phi) is 5.81. The van der Waals surface area contributed by atoms with E-state index < -0.39 is 0 Å². The number of aromatic nitrogens is 1. The molecule has 0 aromatic carbocycles. The van der Waals surface area contributed by atoms with Crippen molar-refractivity contribution in [2.45, 2.75) is 38.1 Å². The van der Waals surface area contributed by atoms with Gasteiger partial charge in [-0.3, -0.25) is 4.79 Å². The zero-order valence-corrected chi connectivity index (χ0v) is 13.9. The summed E-state index contributed by atoms with van der Waals surface area (Å²) >= 11 is 1.48. The van der Waals surface area contributed by atoms with Gasteiger partial charge in [-0.1, -0.05) is 0 Å². The van der Waals surface area contributed by atoms with Crippen molar-refractivity contribution >= 4 is 17.2 Å². The highest BCUT2D eigenvalue weighted by Crippen LogP contribution is 2.18. The third-order valence-electron chi connectivity index (χ3n) is 4.62. The van der Waals surface area contributed by atoms with Crippen LogP contribution >= 0.6 is 11.3 Å². The number of likely N-dealkylation sites (tertiary alicyclic amines) is 1. The van der Waals surface area contributed by atoms with Crippen LogP contribution < -0.4 is 0 Å². The van der Waals surface area contributed by atoms with E-state index in [1.54, 1.807) is 5.51 Å². The number of ether oxygens (including phenoxy) is 1. The SMILES string of the molecule is O=C(c1cscn1)N(CCCN1CCCC1)C1CCOCC1. The smallest absolute Gasteiger partial charge is 0.273 e. The van der Waals surface area contributed by atoms with Gasteiger partial charge >= 0.3 is 0 Å². The van der Waals surface area contributed by atoms with Gasteiger partial charge in [0.25, 0.3) is 5.91 Å². The zero-order chi connectivity index (χ0) is 15.2. The average molecular weight is 323 g/mol. The van der Waals surface area contributed by atoms with E-state index in [0.29, 0.717) is 11.7 Å². The van der Waals surface area contributed by atoms with Crippen LogP contribution in [0.2, 0.25) is 0 Å². The molecule has 1 aromatic heterocycles. The first-order valence-electron chi connectivity index (χ1n) is 8.34. The molecule has 2 fully saturated rings. The molecule has 1 aromatic rings. The van der Waals surface area contributed by atoms with E-state index >= 15 is 0 Å². The number of nitrogens with zero attached hydrogens (tertiary/aromatic N) is 3. The Labute approximate surface area is 136 Å². The minimum absolute atomic E-state index is 0.0922. The number of amides is 1. The predicted molar refractivity (Wildman–Crippen MR) is 87.3 cm³/mol. The Balaban J connectivity index is 1.58. The van der Waals surface area contributed by atoms with Gasteiger partial charge in [0.1, 0.15) is 5.69 Å². The summed E-state index contributed by atoms with van der Waals surface area (Å²) in [5.74, 6) is 0.0922. The number of hydrogen-bond acceptors (Lipinski definition) is 5. The van der Waals surface area contributed by atoms with Crippen LogP contribution in [0.15, 0.2) is 10.9 Å². The van der Waals surface area contributed by atoms with Crippen LogP contribution in [0.1, 0.15) is 42.6 Å². The fourth-order valence-corrected chi connectivity index (χ4v) is 3.91. The predicted octanol–water partition coefficient (Wildman–Crippen LogP) is 2.25. The molecule has 0 N–H and O–H groups in total. The topological polar surface area (TPSA) is 45.7 Å². The monoisotopic (exact) mass is 323 g/mol. The highest BCUT2D eigenvalue weighted by Gasteiger charge is 2.27. The van der Waals surface area contributed by atoms with E-state index in [4.69, 9.17) is 4.74 Å². The molecule has 3 heterocycles. The van der Waals surface area contributed by atoms with Crippen LogP contribution in [0, 0.1) is 0 Å². The number of thiazole rings is 1. The Morgan fingerprint density at radius 1 is 1.36 bits per heavy atom. The van der Waals surface area contributed by atoms with Crippen LogP contribution in [0.25, 0.3) is 0 Å². The van der Waals surface area contributed by atoms with Crippen LogP contribution in [-0.2, 0) is 4.74 Å². The lowest BCUT2D eigenvalue weighted by molar-refractivity contribution is 0.0279. The number of hydrogen-bond donors (Lipinski definition) is 0. The minimum Gasteiger partial charge on any atom is -0.381 e. The summed E-state index contributed by atoms with van der Waals surface area (Å²) in [6.45, 7) is 5.89. The molecule has 2 aliphatic rings. The van der Waals surface area contributed by atoms with Gasteiger partial charge in [0.05, 0.1) is 5.51 Å². The fourth-order valence-electron chi connectivity index (χ4n) is 3.38. The van der Waals surface area contributed by atoms with Gasteiger partial charge in [0.2, 0.25) is 0 Å². The Morgan fingerprint density at radius 3 is 2.82 bits per heavy atom. The fraction of sp³-hybridized carbons (Fsp3) is 0.750. The quantitative estimate of drug-likeness (QED) is 0.805. The first kappa shape index (κ1) is 15.9. The van der Waals surface area contributed by atoms with E-state index in [1.807, 2.05) is 10.3 Å². The van der Waals surface area contributed by atoms with E-state index in [1.165, 1.54) is 37.3 Å². The van der Waals surface area contributed by atoms with Crippen molar-refractivity contribution in [1.82, 2.24) is 14.8 Å². The molecule has 6 heteroatoms. The van der Waals surface area contributed by atoms with Crippen LogP contribution in [-0.4, -0.2) is 66.1 Å². The molecule has 22 heavy (non-hydrogen) atoms. The van der Waals surface area contributed by atoms with Gasteiger partial charge in [-0.05, 0) is 51.7 Å². The van der Waals surface area contributed by atoms with Gasteiger partial charge in [0.15, 0.2) is 0 Å². The van der Waals surface area contributed by atoms with Crippen molar-refractivity contribution in [2.75, 3.05) is 39.4 Å². The number of rotatable bonds is 6. The number of carbonyl (C=O) groups is 1. The molecule has 1 amide bonds. The summed E-state index contributed by atoms with van der Waals surface area (Å²) in [5.41, 5.74) is 2.33. The van der Waals surface area contributed by atoms with Crippen molar-refractivity contribution in [1.29, 1.82) is 0 Å². The third kappa shape index (κ3) is 4.06. The van der Waals surface area contributed by atoms with Crippen molar-refractivity contribution in [2.24, 2.45) is 0 Å². The average Bonchev–Trinajstić information content (AvgIpc) is 3.25. The summed E-state index contributed by atoms with van der Waals surface area (Å²) < 4.78 is 5.45. The molecular weight excluding hydrogens is 298 g/mol. The molecule has 0 radical (unpaired) electrons. The second-order valence-electron chi connectivity index (χ2n) is 6.12. The highest BCUT2D eigenvalue weighted by atomic mass is 32.1. The molecule has 0 atom stereocenters. The van der Waals surface area contributed by atoms with Gasteiger partial charge in [-0.25, -0.2) is 4.98 Å². The lowest BCUT2D eigenvalue weighted by Gasteiger charge is -2.34. The standard InChI is InChI=1S/C16H25N3O2S/c20-16(15-12-22-13-17-15)19(14-4-10-21-11-5-14)9-3-8-18-6-1-2-7-18/h12-14H,1-11H2. The molecule has 122 valence electrons. The molecule has 3 rings (SSSR count). The van der Waals surface area contributed by atoms with Crippen LogP contribution in [0.4, 0.5) is 0 Å². The molecular formula is C16H25N3O2S. The molecule has 2 saturated heterocycles. The van der Waals surface area contributed by atoms with E-state index in [2.05, 4.69) is 9.88 Å². The number of carbonyl (C=O) groups excluding carboxylic acids is 1. The summed E-state index contributed by atoms with van der Waals surface area (Å²) in [4.78, 5) is 21.5. The van der Waals surface area contributed by atoms with E-state index in [9.17, 15) is 4.79 Å². The van der Waals surface area contributed by atoms with Gasteiger partial charge < -0.3 is 14.5 Å². The zero-order valence-electron chi connectivity index (χ0n) is 13.1. The minimum atomic E-state index is 0.0922. The normalized spacial score (nSPS) is 20.4. The van der Waals surface area contributed by atoms with Crippen LogP contribution in [0.5, 0.6) is 0 Å². The molecule has 0 saturated carbocycles. The van der Waals surface area contributed by atoms with E-state index in [0.717, 1.165) is 45.6 Å². The van der Waals surface area contributed by atoms with Crippen molar-refractivity contribution in [3.8, 4) is 0 Å². The maximum absolute atomic E-state index is 12.7. The maximum Gasteiger partial charge on any atom is 0.273 e. The second kappa shape index (κ2) is 8.04. The summed E-state index contributed by atoms with van der Waals surface area (Å²) in [7, 11) is 0. The Bertz CT molecular complexity index is 454. The van der Waals surface area contributed by atoms with Crippen molar-refractivity contribution < 1.29 is 9.53 Å². The first-order chi connectivity index (χ1) is 10.8. The summed E-state index contributed by atoms with van der Waals surface area (Å²) in [5, 5.41) is 1.86. The second-order valence-corrected chi connectivity index (χ2v) is 6.84. The van der Waals surface area contributed by atoms with Crippen molar-refractivity contribution in [3.05, 3.63) is 16.6 Å². The molecule has 0 aliphatic carbocycles. The largest absolute Gasteiger partial charge is 0.381 e. The maximum atomic E-state index is 12.7. The lowest BCUT2D eigenvalue weighted by atomic mass is 10.1. The highest BCUT2D eigenvalue weighted by molar-refractivity contribution is 7.07. The van der Waals surface area contributed by atoms with Gasteiger partial charge in [-0.15, -0.1) is 11.3 Å². The van der Waals surface area contributed by atoms with Gasteiger partial charge in [-0.2, -0.15) is 0 Å². The Morgan fingerprint density at radius 2 is 2.14 bits per heavy atom. The van der Waals surface area contributed by atoms with Crippen LogP contribution in [0.3, 0.4) is 0 Å². The van der Waals surface area contributed by atoms with Gasteiger partial charge in [0, 0.05) is 31.2 Å². The third-order valence-corrected chi connectivity index (χ3v) is 5.20. The summed E-state index contributed by atoms with van der Waals surface area (Å²) in [6.07, 6.45) is 5.58. The van der Waals surface area contributed by atoms with E-state index in [-0.39, 0.29) is 5.91 Å². The first-order valence-corrected chi connectivity index (χ1v) is 9.28.